The van der Waals surface area contributed by atoms with Crippen molar-refractivity contribution in [3.8, 4) is 0 Å². The third-order valence-electron chi connectivity index (χ3n) is 2.61. The largest absolute Gasteiger partial charge is 0.479 e. The maximum absolute atomic E-state index is 13.2. The van der Waals surface area contributed by atoms with E-state index in [2.05, 4.69) is 21.2 Å². The third kappa shape index (κ3) is 3.32. The smallest absolute Gasteiger partial charge is 0.330 e. The van der Waals surface area contributed by atoms with E-state index >= 15 is 0 Å². The zero-order valence-electron chi connectivity index (χ0n) is 9.81. The summed E-state index contributed by atoms with van der Waals surface area (Å²) in [7, 11) is 0. The molecule has 0 bridgehead atoms. The van der Waals surface area contributed by atoms with Gasteiger partial charge in [0.25, 0.3) is 0 Å². The molecule has 1 unspecified atom stereocenters. The zero-order valence-corrected chi connectivity index (χ0v) is 11.4. The predicted octanol–water partition coefficient (Wildman–Crippen LogP) is 3.83. The van der Waals surface area contributed by atoms with Crippen LogP contribution >= 0.6 is 15.9 Å². The second-order valence-electron chi connectivity index (χ2n) is 3.95. The summed E-state index contributed by atoms with van der Waals surface area (Å²) >= 11 is 3.26. The fraction of sp³-hybridized carbons (Fsp3) is 0.0714. The molecule has 0 aliphatic carbocycles. The first-order valence-corrected chi connectivity index (χ1v) is 6.36. The van der Waals surface area contributed by atoms with E-state index in [4.69, 9.17) is 0 Å². The van der Waals surface area contributed by atoms with Gasteiger partial charge in [-0.3, -0.25) is 0 Å². The number of nitrogens with one attached hydrogen (secondary N) is 1. The molecule has 2 rings (SSSR count). The summed E-state index contributed by atoms with van der Waals surface area (Å²) in [5.74, 6) is -1.45. The molecule has 5 heteroatoms. The van der Waals surface area contributed by atoms with E-state index in [0.717, 1.165) is 0 Å². The molecule has 0 heterocycles. The molecule has 3 nitrogen and oxygen atoms in total. The molecule has 0 aliphatic heterocycles. The summed E-state index contributed by atoms with van der Waals surface area (Å²) in [6.07, 6.45) is 0. The highest BCUT2D eigenvalue weighted by molar-refractivity contribution is 9.10. The molecule has 0 aromatic heterocycles. The summed E-state index contributed by atoms with van der Waals surface area (Å²) in [4.78, 5) is 11.3. The minimum atomic E-state index is -1.03. The lowest BCUT2D eigenvalue weighted by Gasteiger charge is -2.17. The SMILES string of the molecule is O=C(O)C(Nc1cc(F)ccc1Br)c1ccccc1. The van der Waals surface area contributed by atoms with E-state index in [-0.39, 0.29) is 0 Å². The molecule has 1 atom stereocenters. The number of carboxylic acid groups (broad SMARTS) is 1. The summed E-state index contributed by atoms with van der Waals surface area (Å²) in [5.41, 5.74) is 1.00. The van der Waals surface area contributed by atoms with Crippen molar-refractivity contribution in [1.82, 2.24) is 0 Å². The van der Waals surface area contributed by atoms with Crippen LogP contribution in [0.2, 0.25) is 0 Å². The van der Waals surface area contributed by atoms with Gasteiger partial charge in [-0.2, -0.15) is 0 Å². The normalized spacial score (nSPS) is 11.9. The Morgan fingerprint density at radius 3 is 2.53 bits per heavy atom. The minimum absolute atomic E-state index is 0.399. The summed E-state index contributed by atoms with van der Waals surface area (Å²) in [5, 5.41) is 12.1. The number of carboxylic acids is 1. The van der Waals surface area contributed by atoms with Crippen molar-refractivity contribution >= 4 is 27.6 Å². The molecule has 0 fully saturated rings. The van der Waals surface area contributed by atoms with E-state index in [1.54, 1.807) is 30.3 Å². The van der Waals surface area contributed by atoms with E-state index in [0.29, 0.717) is 15.7 Å². The summed E-state index contributed by atoms with van der Waals surface area (Å²) in [6, 6.07) is 11.9. The van der Waals surface area contributed by atoms with Gasteiger partial charge in [0, 0.05) is 4.47 Å². The molecular weight excluding hydrogens is 313 g/mol. The van der Waals surface area contributed by atoms with Crippen LogP contribution in [0.4, 0.5) is 10.1 Å². The fourth-order valence-corrected chi connectivity index (χ4v) is 2.06. The van der Waals surface area contributed by atoms with Crippen LogP contribution in [0.3, 0.4) is 0 Å². The van der Waals surface area contributed by atoms with Gasteiger partial charge >= 0.3 is 5.97 Å². The molecule has 0 aliphatic rings. The van der Waals surface area contributed by atoms with Crippen molar-refractivity contribution in [2.75, 3.05) is 5.32 Å². The van der Waals surface area contributed by atoms with Gasteiger partial charge in [0.2, 0.25) is 0 Å². The molecule has 0 radical (unpaired) electrons. The van der Waals surface area contributed by atoms with E-state index in [9.17, 15) is 14.3 Å². The fourth-order valence-electron chi connectivity index (χ4n) is 1.70. The van der Waals surface area contributed by atoms with Gasteiger partial charge in [0.05, 0.1) is 5.69 Å². The monoisotopic (exact) mass is 323 g/mol. The third-order valence-corrected chi connectivity index (χ3v) is 3.30. The maximum atomic E-state index is 13.2. The molecule has 2 aromatic carbocycles. The number of hydrogen-bond acceptors (Lipinski definition) is 2. The lowest BCUT2D eigenvalue weighted by Crippen LogP contribution is -2.20. The lowest BCUT2D eigenvalue weighted by molar-refractivity contribution is -0.138. The van der Waals surface area contributed by atoms with Gasteiger partial charge in [-0.1, -0.05) is 30.3 Å². The van der Waals surface area contributed by atoms with Crippen LogP contribution in [-0.4, -0.2) is 11.1 Å². The van der Waals surface area contributed by atoms with Crippen molar-refractivity contribution in [2.24, 2.45) is 0 Å². The summed E-state index contributed by atoms with van der Waals surface area (Å²) in [6.45, 7) is 0. The van der Waals surface area contributed by atoms with Crippen molar-refractivity contribution in [1.29, 1.82) is 0 Å². The van der Waals surface area contributed by atoms with Crippen LogP contribution in [0.15, 0.2) is 53.0 Å². The maximum Gasteiger partial charge on any atom is 0.330 e. The molecule has 0 spiro atoms. The highest BCUT2D eigenvalue weighted by Crippen LogP contribution is 2.27. The zero-order chi connectivity index (χ0) is 13.8. The number of anilines is 1. The number of halogens is 2. The van der Waals surface area contributed by atoms with Gasteiger partial charge in [0.15, 0.2) is 6.04 Å². The van der Waals surface area contributed by atoms with Gasteiger partial charge in [-0.25, -0.2) is 9.18 Å². The van der Waals surface area contributed by atoms with Crippen LogP contribution in [-0.2, 0) is 4.79 Å². The van der Waals surface area contributed by atoms with E-state index in [1.165, 1.54) is 18.2 Å². The first-order chi connectivity index (χ1) is 9.08. The Labute approximate surface area is 118 Å². The second kappa shape index (κ2) is 5.84. The predicted molar refractivity (Wildman–Crippen MR) is 74.5 cm³/mol. The average molecular weight is 324 g/mol. The van der Waals surface area contributed by atoms with E-state index < -0.39 is 17.8 Å². The molecular formula is C14H11BrFNO2. The quantitative estimate of drug-likeness (QED) is 0.899. The van der Waals surface area contributed by atoms with Crippen molar-refractivity contribution in [2.45, 2.75) is 6.04 Å². The molecule has 19 heavy (non-hydrogen) atoms. The van der Waals surface area contributed by atoms with E-state index in [1.807, 2.05) is 0 Å². The molecule has 2 N–H and O–H groups in total. The number of aliphatic carboxylic acids is 1. The highest BCUT2D eigenvalue weighted by atomic mass is 79.9. The molecule has 98 valence electrons. The van der Waals surface area contributed by atoms with Crippen LogP contribution in [0.5, 0.6) is 0 Å². The van der Waals surface area contributed by atoms with Crippen molar-refractivity contribution in [3.63, 3.8) is 0 Å². The Morgan fingerprint density at radius 1 is 1.21 bits per heavy atom. The standard InChI is InChI=1S/C14H11BrFNO2/c15-11-7-6-10(16)8-12(11)17-13(14(18)19)9-4-2-1-3-5-9/h1-8,13,17H,(H,18,19). The van der Waals surface area contributed by atoms with Crippen LogP contribution < -0.4 is 5.32 Å². The Balaban J connectivity index is 2.32. The first kappa shape index (κ1) is 13.5. The van der Waals surface area contributed by atoms with Crippen molar-refractivity contribution in [3.05, 3.63) is 64.4 Å². The Kier molecular flexibility index (Phi) is 4.16. The second-order valence-corrected chi connectivity index (χ2v) is 4.80. The van der Waals surface area contributed by atoms with Gasteiger partial charge in [-0.15, -0.1) is 0 Å². The van der Waals surface area contributed by atoms with Crippen LogP contribution in [0, 0.1) is 5.82 Å². The Morgan fingerprint density at radius 2 is 1.89 bits per heavy atom. The van der Waals surface area contributed by atoms with Gasteiger partial charge < -0.3 is 10.4 Å². The molecule has 0 saturated carbocycles. The average Bonchev–Trinajstić information content (AvgIpc) is 2.40. The highest BCUT2D eigenvalue weighted by Gasteiger charge is 2.20. The topological polar surface area (TPSA) is 49.3 Å². The number of rotatable bonds is 4. The van der Waals surface area contributed by atoms with Crippen LogP contribution in [0.1, 0.15) is 11.6 Å². The number of carbonyl (C=O) groups is 1. The molecule has 0 saturated heterocycles. The Hall–Kier alpha value is -1.88. The first-order valence-electron chi connectivity index (χ1n) is 5.57. The minimum Gasteiger partial charge on any atom is -0.479 e. The Bertz CT molecular complexity index is 589. The van der Waals surface area contributed by atoms with Crippen LogP contribution in [0.25, 0.3) is 0 Å². The van der Waals surface area contributed by atoms with Gasteiger partial charge in [-0.05, 0) is 39.7 Å². The summed E-state index contributed by atoms with van der Waals surface area (Å²) < 4.78 is 13.8. The lowest BCUT2D eigenvalue weighted by atomic mass is 10.1. The van der Waals surface area contributed by atoms with Crippen molar-refractivity contribution < 1.29 is 14.3 Å². The van der Waals surface area contributed by atoms with Gasteiger partial charge in [0.1, 0.15) is 5.82 Å². The molecule has 2 aromatic rings. The number of benzene rings is 2. The molecule has 0 amide bonds. The number of hydrogen-bond donors (Lipinski definition) is 2.